The van der Waals surface area contributed by atoms with Crippen molar-refractivity contribution in [2.24, 2.45) is 0 Å². The van der Waals surface area contributed by atoms with Gasteiger partial charge in [-0.3, -0.25) is 0 Å². The predicted octanol–water partition coefficient (Wildman–Crippen LogP) is -0.328. The van der Waals surface area contributed by atoms with Crippen LogP contribution >= 0.6 is 7.36 Å². The fraction of sp³-hybridized carbons (Fsp3) is 0.400. The molecule has 0 aliphatic carbocycles. The third-order valence-corrected chi connectivity index (χ3v) is 2.19. The number of aromatic nitrogens is 1. The Morgan fingerprint density at radius 1 is 1.73 bits per heavy atom. The van der Waals surface area contributed by atoms with Crippen LogP contribution in [0.5, 0.6) is 0 Å². The van der Waals surface area contributed by atoms with Crippen LogP contribution in [-0.4, -0.2) is 18.8 Å². The Bertz CT molecular complexity index is 317. The summed E-state index contributed by atoms with van der Waals surface area (Å²) in [6.07, 6.45) is 1.37. The molecule has 4 nitrogen and oxygen atoms in total. The highest BCUT2D eigenvalue weighted by Crippen LogP contribution is 1.92. The molecule has 0 atom stereocenters. The van der Waals surface area contributed by atoms with Gasteiger partial charge in [0.15, 0.2) is 0 Å². The van der Waals surface area contributed by atoms with E-state index >= 15 is 0 Å². The summed E-state index contributed by atoms with van der Waals surface area (Å²) in [6.45, 7) is 0. The van der Waals surface area contributed by atoms with Gasteiger partial charge in [0.05, 0.1) is 0 Å². The minimum Gasteiger partial charge on any atom is -0.414 e. The fourth-order valence-electron chi connectivity index (χ4n) is 0.725. The first-order chi connectivity index (χ1) is 5.16. The minimum atomic E-state index is -0.401. The summed E-state index contributed by atoms with van der Waals surface area (Å²) in [6, 6.07) is 0. The van der Waals surface area contributed by atoms with Gasteiger partial charge in [0.25, 0.3) is 0 Å². The first-order valence-electron chi connectivity index (χ1n) is 2.88. The highest BCUT2D eigenvalue weighted by atomic mass is 32.4. The van der Waals surface area contributed by atoms with Crippen molar-refractivity contribution in [1.29, 1.82) is 0 Å². The van der Waals surface area contributed by atoms with Crippen molar-refractivity contribution in [2.45, 2.75) is 0 Å². The number of rotatable bonds is 2. The molecule has 0 spiro atoms. The van der Waals surface area contributed by atoms with Gasteiger partial charge in [0, 0.05) is 21.5 Å². The molecule has 0 saturated carbocycles. The Balaban J connectivity index is 3.29. The maximum atomic E-state index is 10.9. The maximum absolute atomic E-state index is 10.9. The fourth-order valence-corrected chi connectivity index (χ4v) is 1.52. The normalized spacial score (nSPS) is 10.4. The lowest BCUT2D eigenvalue weighted by molar-refractivity contribution is 0.481. The lowest BCUT2D eigenvalue weighted by atomic mass is 10.9. The largest absolute Gasteiger partial charge is 0.438 e. The van der Waals surface area contributed by atoms with Gasteiger partial charge in [-0.2, -0.15) is 4.68 Å². The summed E-state index contributed by atoms with van der Waals surface area (Å²) < 4.78 is 6.02. The molecule has 11 heavy (non-hydrogen) atoms. The molecule has 1 heterocycles. The van der Waals surface area contributed by atoms with Crippen molar-refractivity contribution in [2.75, 3.05) is 19.1 Å². The van der Waals surface area contributed by atoms with Gasteiger partial charge in [-0.15, -0.1) is 0 Å². The van der Waals surface area contributed by atoms with Gasteiger partial charge < -0.3 is 9.43 Å². The molecule has 0 aromatic carbocycles. The van der Waals surface area contributed by atoms with Crippen LogP contribution in [0, 0.1) is 0 Å². The molecule has 1 aromatic rings. The monoisotopic (exact) mass is 190 g/mol. The summed E-state index contributed by atoms with van der Waals surface area (Å²) in [5, 5.41) is 1.63. The smallest absolute Gasteiger partial charge is 0.414 e. The average molecular weight is 190 g/mol. The number of oxazole rings is 1. The maximum Gasteiger partial charge on any atom is 0.438 e. The van der Waals surface area contributed by atoms with Gasteiger partial charge in [-0.1, -0.05) is 11.8 Å². The second kappa shape index (κ2) is 3.15. The quantitative estimate of drug-likeness (QED) is 0.599. The van der Waals surface area contributed by atoms with E-state index in [2.05, 4.69) is 4.42 Å². The second-order valence-corrected chi connectivity index (χ2v) is 3.30. The van der Waals surface area contributed by atoms with Crippen LogP contribution < -0.4 is 16.2 Å². The summed E-state index contributed by atoms with van der Waals surface area (Å²) in [5.41, 5.74) is 0.676. The highest BCUT2D eigenvalue weighted by molar-refractivity contribution is 7.99. The SMILES string of the molecule is CN(C)n1c(P=S)coc1=O. The van der Waals surface area contributed by atoms with Crippen LogP contribution in [0.1, 0.15) is 0 Å². The van der Waals surface area contributed by atoms with Crippen LogP contribution in [-0.2, 0) is 11.8 Å². The van der Waals surface area contributed by atoms with E-state index in [1.54, 1.807) is 19.1 Å². The summed E-state index contributed by atoms with van der Waals surface area (Å²) >= 11 is 4.76. The number of nitrogens with zero attached hydrogens (tertiary/aromatic N) is 2. The van der Waals surface area contributed by atoms with E-state index in [1.807, 2.05) is 0 Å². The third kappa shape index (κ3) is 1.49. The molecule has 60 valence electrons. The third-order valence-electron chi connectivity index (χ3n) is 1.15. The summed E-state index contributed by atoms with van der Waals surface area (Å²) in [5.74, 6) is -0.401. The molecule has 0 bridgehead atoms. The lowest BCUT2D eigenvalue weighted by Gasteiger charge is -2.11. The first-order valence-corrected chi connectivity index (χ1v) is 4.79. The topological polar surface area (TPSA) is 38.4 Å². The van der Waals surface area contributed by atoms with E-state index in [1.165, 1.54) is 10.9 Å². The van der Waals surface area contributed by atoms with Crippen LogP contribution in [0.3, 0.4) is 0 Å². The summed E-state index contributed by atoms with van der Waals surface area (Å²) in [4.78, 5) is 10.9. The van der Waals surface area contributed by atoms with E-state index in [0.717, 1.165) is 0 Å². The Kier molecular flexibility index (Phi) is 2.42. The van der Waals surface area contributed by atoms with E-state index in [9.17, 15) is 4.79 Å². The van der Waals surface area contributed by atoms with Gasteiger partial charge >= 0.3 is 5.76 Å². The molecular weight excluding hydrogens is 183 g/mol. The van der Waals surface area contributed by atoms with Crippen molar-refractivity contribution in [1.82, 2.24) is 4.68 Å². The van der Waals surface area contributed by atoms with Gasteiger partial charge in [0.1, 0.15) is 11.7 Å². The molecule has 0 amide bonds. The molecule has 1 aromatic heterocycles. The van der Waals surface area contributed by atoms with Gasteiger partial charge in [0.2, 0.25) is 0 Å². The molecule has 1 rings (SSSR count). The molecule has 0 fully saturated rings. The Morgan fingerprint density at radius 3 is 2.73 bits per heavy atom. The standard InChI is InChI=1S/C5H7N2O2PS/c1-6(2)7-4(10-11)3-9-5(7)8/h3H,1-2H3. The number of hydrogen-bond acceptors (Lipinski definition) is 4. The van der Waals surface area contributed by atoms with Crippen molar-refractivity contribution >= 4 is 24.6 Å². The zero-order valence-corrected chi connectivity index (χ0v) is 7.85. The molecule has 0 unspecified atom stereocenters. The molecule has 0 aliphatic heterocycles. The first kappa shape index (κ1) is 8.43. The molecule has 0 aliphatic rings. The zero-order chi connectivity index (χ0) is 8.43. The van der Waals surface area contributed by atoms with Crippen LogP contribution in [0.4, 0.5) is 0 Å². The number of hydrogen-bond donors (Lipinski definition) is 0. The summed E-state index contributed by atoms with van der Waals surface area (Å²) in [7, 11) is 4.11. The van der Waals surface area contributed by atoms with Gasteiger partial charge in [-0.05, 0) is 0 Å². The predicted molar refractivity (Wildman–Crippen MR) is 47.0 cm³/mol. The Labute approximate surface area is 70.2 Å². The minimum absolute atomic E-state index is 0.401. The Hall–Kier alpha value is -0.670. The van der Waals surface area contributed by atoms with Crippen LogP contribution in [0.2, 0.25) is 0 Å². The molecule has 0 saturated heterocycles. The van der Waals surface area contributed by atoms with E-state index in [4.69, 9.17) is 11.8 Å². The second-order valence-electron chi connectivity index (χ2n) is 2.11. The molecule has 0 N–H and O–H groups in total. The van der Waals surface area contributed by atoms with Crippen molar-refractivity contribution in [3.05, 3.63) is 16.8 Å². The Morgan fingerprint density at radius 2 is 2.36 bits per heavy atom. The zero-order valence-electron chi connectivity index (χ0n) is 6.14. The van der Waals surface area contributed by atoms with Gasteiger partial charge in [-0.25, -0.2) is 4.79 Å². The van der Waals surface area contributed by atoms with Crippen molar-refractivity contribution in [3.63, 3.8) is 0 Å². The molecule has 0 radical (unpaired) electrons. The highest BCUT2D eigenvalue weighted by Gasteiger charge is 2.06. The van der Waals surface area contributed by atoms with Crippen LogP contribution in [0.15, 0.2) is 15.5 Å². The lowest BCUT2D eigenvalue weighted by Crippen LogP contribution is -2.38. The molecular formula is C5H7N2O2PS. The van der Waals surface area contributed by atoms with Crippen molar-refractivity contribution in [3.8, 4) is 0 Å². The van der Waals surface area contributed by atoms with Crippen molar-refractivity contribution < 1.29 is 4.42 Å². The average Bonchev–Trinajstić information content (AvgIpc) is 2.30. The van der Waals surface area contributed by atoms with E-state index < -0.39 is 5.76 Å². The molecule has 6 heteroatoms. The van der Waals surface area contributed by atoms with E-state index in [0.29, 0.717) is 12.8 Å². The van der Waals surface area contributed by atoms with Crippen LogP contribution in [0.25, 0.3) is 0 Å². The van der Waals surface area contributed by atoms with E-state index in [-0.39, 0.29) is 0 Å².